The Bertz CT molecular complexity index is 4830. The number of anilines is 6. The number of fused-ring (bicyclic) bond motifs is 16. The van der Waals surface area contributed by atoms with Gasteiger partial charge in [0, 0.05) is 61.2 Å². The second kappa shape index (κ2) is 15.7. The first kappa shape index (κ1) is 45.1. The molecule has 0 saturated carbocycles. The molecule has 3 aromatic heterocycles. The van der Waals surface area contributed by atoms with E-state index in [1.165, 1.54) is 105 Å². The lowest BCUT2D eigenvalue weighted by molar-refractivity contribution is 0.592. The van der Waals surface area contributed by atoms with Gasteiger partial charge in [-0.05, 0) is 180 Å². The Kier molecular flexibility index (Phi) is 9.10. The molecule has 0 fully saturated rings. The zero-order valence-corrected chi connectivity index (χ0v) is 45.0. The lowest BCUT2D eigenvalue weighted by Gasteiger charge is -2.32. The van der Waals surface area contributed by atoms with Crippen molar-refractivity contribution in [1.29, 1.82) is 0 Å². The van der Waals surface area contributed by atoms with E-state index in [0.29, 0.717) is 0 Å². The summed E-state index contributed by atoms with van der Waals surface area (Å²) in [4.78, 5) is 4.93. The Balaban J connectivity index is 0.893. The predicted octanol–water partition coefficient (Wildman–Crippen LogP) is 20.7. The molecule has 16 rings (SSSR count). The van der Waals surface area contributed by atoms with Crippen molar-refractivity contribution in [2.75, 3.05) is 9.80 Å². The minimum absolute atomic E-state index is 0.107. The van der Waals surface area contributed by atoms with E-state index in [2.05, 4.69) is 281 Å². The van der Waals surface area contributed by atoms with Crippen LogP contribution in [-0.4, -0.2) is 4.40 Å². The van der Waals surface area contributed by atoms with E-state index in [0.717, 1.165) is 50.3 Å². The maximum Gasteiger partial charge on any atom is 0.213 e. The molecule has 0 bridgehead atoms. The van der Waals surface area contributed by atoms with E-state index in [-0.39, 0.29) is 16.2 Å². The molecule has 2 aliphatic rings. The lowest BCUT2D eigenvalue weighted by atomic mass is 9.80. The molecule has 4 nitrogen and oxygen atoms in total. The summed E-state index contributed by atoms with van der Waals surface area (Å²) in [5.41, 5.74) is 22.1. The first-order valence-corrected chi connectivity index (χ1v) is 27.6. The van der Waals surface area contributed by atoms with Crippen LogP contribution in [-0.2, 0) is 16.2 Å². The van der Waals surface area contributed by atoms with Gasteiger partial charge < -0.3 is 14.2 Å². The number of benzene rings is 11. The van der Waals surface area contributed by atoms with E-state index in [1.807, 2.05) is 0 Å². The van der Waals surface area contributed by atoms with Gasteiger partial charge in [0.2, 0.25) is 5.71 Å². The van der Waals surface area contributed by atoms with E-state index >= 15 is 0 Å². The molecule has 0 aliphatic heterocycles. The van der Waals surface area contributed by atoms with Crippen molar-refractivity contribution in [2.24, 2.45) is 0 Å². The van der Waals surface area contributed by atoms with E-state index < -0.39 is 0 Å². The van der Waals surface area contributed by atoms with Crippen molar-refractivity contribution in [2.45, 2.75) is 64.7 Å². The minimum Gasteiger partial charge on any atom is -0.439 e. The molecular weight excluding hydrogens is 947 g/mol. The van der Waals surface area contributed by atoms with Crippen LogP contribution in [0.4, 0.5) is 34.1 Å². The molecule has 0 N–H and O–H groups in total. The van der Waals surface area contributed by atoms with Crippen LogP contribution >= 0.6 is 0 Å². The summed E-state index contributed by atoms with van der Waals surface area (Å²) in [6.07, 6.45) is 0. The van der Waals surface area contributed by atoms with Crippen LogP contribution in [0.1, 0.15) is 76.3 Å². The molecule has 3 heterocycles. The summed E-state index contributed by atoms with van der Waals surface area (Å²) in [6.45, 7) is 16.6. The van der Waals surface area contributed by atoms with Gasteiger partial charge in [-0.3, -0.25) is 4.40 Å². The normalized spacial score (nSPS) is 14.3. The Morgan fingerprint density at radius 3 is 1.42 bits per heavy atom. The highest BCUT2D eigenvalue weighted by Gasteiger charge is 2.41. The summed E-state index contributed by atoms with van der Waals surface area (Å²) in [7, 11) is 0. The van der Waals surface area contributed by atoms with Crippen LogP contribution in [0.15, 0.2) is 223 Å². The molecule has 374 valence electrons. The highest BCUT2D eigenvalue weighted by atomic mass is 16.3. The minimum atomic E-state index is -0.249. The highest BCUT2D eigenvalue weighted by Crippen LogP contribution is 2.58. The molecule has 78 heavy (non-hydrogen) atoms. The second-order valence-electron chi connectivity index (χ2n) is 24.2. The van der Waals surface area contributed by atoms with Crippen LogP contribution in [0.25, 0.3) is 93.1 Å². The molecule has 0 saturated heterocycles. The largest absolute Gasteiger partial charge is 0.439 e. The van der Waals surface area contributed by atoms with Crippen molar-refractivity contribution in [3.05, 3.63) is 246 Å². The molecule has 11 aromatic carbocycles. The van der Waals surface area contributed by atoms with Crippen LogP contribution in [0.5, 0.6) is 0 Å². The third-order valence-corrected chi connectivity index (χ3v) is 17.9. The summed E-state index contributed by atoms with van der Waals surface area (Å²) in [6, 6.07) is 81.5. The molecule has 4 heteroatoms. The van der Waals surface area contributed by atoms with Gasteiger partial charge >= 0.3 is 0 Å². The zero-order valence-electron chi connectivity index (χ0n) is 45.0. The van der Waals surface area contributed by atoms with Crippen LogP contribution in [0, 0.1) is 0 Å². The van der Waals surface area contributed by atoms with Gasteiger partial charge in [-0.15, -0.1) is 0 Å². The number of hydrogen-bond acceptors (Lipinski definition) is 3. The van der Waals surface area contributed by atoms with Crippen molar-refractivity contribution >= 4 is 105 Å². The lowest BCUT2D eigenvalue weighted by Crippen LogP contribution is -2.20. The smallest absolute Gasteiger partial charge is 0.213 e. The van der Waals surface area contributed by atoms with Gasteiger partial charge in [0.1, 0.15) is 5.58 Å². The molecule has 0 unspecified atom stereocenters. The van der Waals surface area contributed by atoms with E-state index in [1.54, 1.807) is 0 Å². The van der Waals surface area contributed by atoms with Gasteiger partial charge in [0.15, 0.2) is 0 Å². The number of aromatic nitrogens is 1. The fraction of sp³-hybridized carbons (Fsp3) is 0.135. The zero-order chi connectivity index (χ0) is 52.6. The monoisotopic (exact) mass is 1000 g/mol. The first-order valence-electron chi connectivity index (χ1n) is 27.6. The SMILES string of the molecule is CC(C)(C)c1cc2c3cc(N(c4ccccc4)c4cccc5c4C(C)(C)c4cc6ccccc6cc4-5)ccc3n3c4oc5cc(N(c6ccccc6)c6cccc7c6C(C)(C)c6cc8ccccc8cc6-7)ccc5c4c(c1)c23. The van der Waals surface area contributed by atoms with Crippen molar-refractivity contribution in [3.8, 4) is 22.3 Å². The van der Waals surface area contributed by atoms with Crippen molar-refractivity contribution in [3.63, 3.8) is 0 Å². The molecule has 14 aromatic rings. The summed E-state index contributed by atoms with van der Waals surface area (Å²) >= 11 is 0. The molecule has 0 amide bonds. The third kappa shape index (κ3) is 6.17. The van der Waals surface area contributed by atoms with Gasteiger partial charge in [-0.1, -0.05) is 158 Å². The first-order chi connectivity index (χ1) is 37.8. The van der Waals surface area contributed by atoms with Gasteiger partial charge in [0.05, 0.1) is 27.8 Å². The number of hydrogen-bond donors (Lipinski definition) is 0. The van der Waals surface area contributed by atoms with Crippen molar-refractivity contribution in [1.82, 2.24) is 4.40 Å². The van der Waals surface area contributed by atoms with Crippen molar-refractivity contribution < 1.29 is 4.42 Å². The van der Waals surface area contributed by atoms with Crippen LogP contribution < -0.4 is 9.80 Å². The standard InChI is InChI=1S/C74H57N3O/c1-72(2,3)48-40-59-58-42-51(75(49-24-10-8-11-25-49)64-30-18-28-53-56-36-44-20-14-16-22-46(44)38-61(56)73(4,5)68(53)64)33-35-63(58)77-70(59)60(41-48)67-55-34-32-52(43-66(55)78-71(67)77)76(50-26-12-9-13-27-50)65-31-19-29-54-57-37-45-21-15-17-23-47(45)39-62(57)74(6,7)69(54)65/h8-43H,1-7H3. The van der Waals surface area contributed by atoms with Gasteiger partial charge in [0.25, 0.3) is 0 Å². The summed E-state index contributed by atoms with van der Waals surface area (Å²) in [5.74, 6) is 0. The highest BCUT2D eigenvalue weighted by molar-refractivity contribution is 6.28. The topological polar surface area (TPSA) is 24.0 Å². The molecule has 0 spiro atoms. The Hall–Kier alpha value is -9.12. The number of furan rings is 1. The van der Waals surface area contributed by atoms with Crippen LogP contribution in [0.2, 0.25) is 0 Å². The number of para-hydroxylation sites is 2. The predicted molar refractivity (Wildman–Crippen MR) is 329 cm³/mol. The second-order valence-corrected chi connectivity index (χ2v) is 24.2. The van der Waals surface area contributed by atoms with Gasteiger partial charge in [-0.25, -0.2) is 0 Å². The Morgan fingerprint density at radius 1 is 0.397 bits per heavy atom. The average molecular weight is 1000 g/mol. The van der Waals surface area contributed by atoms with E-state index in [4.69, 9.17) is 4.42 Å². The Labute approximate surface area is 454 Å². The number of rotatable bonds is 6. The quantitative estimate of drug-likeness (QED) is 0.166. The fourth-order valence-electron chi connectivity index (χ4n) is 14.2. The maximum absolute atomic E-state index is 7.34. The van der Waals surface area contributed by atoms with Crippen LogP contribution in [0.3, 0.4) is 0 Å². The summed E-state index contributed by atoms with van der Waals surface area (Å²) < 4.78 is 9.75. The molecule has 0 atom stereocenters. The average Bonchev–Trinajstić information content (AvgIpc) is 4.40. The number of nitrogens with zero attached hydrogens (tertiary/aromatic N) is 3. The van der Waals surface area contributed by atoms with E-state index in [9.17, 15) is 0 Å². The maximum atomic E-state index is 7.34. The fourth-order valence-corrected chi connectivity index (χ4v) is 14.2. The molecule has 0 radical (unpaired) electrons. The third-order valence-electron chi connectivity index (χ3n) is 17.9. The summed E-state index contributed by atoms with van der Waals surface area (Å²) in [5, 5.41) is 11.0. The van der Waals surface area contributed by atoms with Gasteiger partial charge in [-0.2, -0.15) is 0 Å². The Morgan fingerprint density at radius 2 is 0.885 bits per heavy atom. The molecular formula is C74H57N3O. The molecule has 2 aliphatic carbocycles.